The number of carbonyl (C=O) groups is 2. The molecule has 0 saturated carbocycles. The van der Waals surface area contributed by atoms with Crippen molar-refractivity contribution in [3.63, 3.8) is 0 Å². The summed E-state index contributed by atoms with van der Waals surface area (Å²) < 4.78 is 4.75. The summed E-state index contributed by atoms with van der Waals surface area (Å²) >= 11 is 0. The van der Waals surface area contributed by atoms with Crippen LogP contribution in [0, 0.1) is 0 Å². The summed E-state index contributed by atoms with van der Waals surface area (Å²) in [6.07, 6.45) is 0.680. The van der Waals surface area contributed by atoms with Crippen molar-refractivity contribution in [2.24, 2.45) is 0 Å². The standard InChI is InChI=1S/C14H17NO5/c1-2-7-20-14(19)15-9-11(8-13(17)18)10-3-5-12(16)6-4-10/h2-6,11,16H,1,7-9H2,(H,15,19)(H,17,18). The number of carboxylic acids is 1. The summed E-state index contributed by atoms with van der Waals surface area (Å²) in [7, 11) is 0. The highest BCUT2D eigenvalue weighted by molar-refractivity contribution is 5.69. The third-order valence-corrected chi connectivity index (χ3v) is 2.61. The minimum absolute atomic E-state index is 0.0919. The molecule has 0 heterocycles. The Morgan fingerprint density at radius 1 is 1.35 bits per heavy atom. The van der Waals surface area contributed by atoms with Crippen LogP contribution in [0.25, 0.3) is 0 Å². The maximum atomic E-state index is 11.3. The van der Waals surface area contributed by atoms with Gasteiger partial charge in [0.25, 0.3) is 0 Å². The number of aliphatic carboxylic acids is 1. The van der Waals surface area contributed by atoms with Gasteiger partial charge in [0.2, 0.25) is 0 Å². The number of amides is 1. The van der Waals surface area contributed by atoms with Crippen molar-refractivity contribution in [1.29, 1.82) is 0 Å². The van der Waals surface area contributed by atoms with E-state index in [1.165, 1.54) is 18.2 Å². The molecule has 1 aromatic carbocycles. The fraction of sp³-hybridized carbons (Fsp3) is 0.286. The normalized spacial score (nSPS) is 11.4. The van der Waals surface area contributed by atoms with E-state index in [0.717, 1.165) is 0 Å². The zero-order valence-corrected chi connectivity index (χ0v) is 10.9. The van der Waals surface area contributed by atoms with Crippen molar-refractivity contribution >= 4 is 12.1 Å². The van der Waals surface area contributed by atoms with E-state index in [-0.39, 0.29) is 25.3 Å². The summed E-state index contributed by atoms with van der Waals surface area (Å²) in [5, 5.41) is 20.6. The summed E-state index contributed by atoms with van der Waals surface area (Å²) in [5.41, 5.74) is 0.717. The second-order valence-corrected chi connectivity index (χ2v) is 4.15. The Hall–Kier alpha value is -2.50. The lowest BCUT2D eigenvalue weighted by molar-refractivity contribution is -0.137. The van der Waals surface area contributed by atoms with E-state index < -0.39 is 18.0 Å². The lowest BCUT2D eigenvalue weighted by atomic mass is 9.95. The smallest absolute Gasteiger partial charge is 0.407 e. The molecule has 1 amide bonds. The predicted octanol–water partition coefficient (Wildman–Crippen LogP) is 1.86. The molecule has 108 valence electrons. The molecular formula is C14H17NO5. The second kappa shape index (κ2) is 7.83. The molecular weight excluding hydrogens is 262 g/mol. The maximum absolute atomic E-state index is 11.3. The van der Waals surface area contributed by atoms with Crippen LogP contribution in [0.3, 0.4) is 0 Å². The first-order valence-electron chi connectivity index (χ1n) is 6.05. The minimum atomic E-state index is -0.968. The van der Waals surface area contributed by atoms with E-state index in [9.17, 15) is 14.7 Å². The average molecular weight is 279 g/mol. The number of carboxylic acid groups (broad SMARTS) is 1. The number of hydrogen-bond donors (Lipinski definition) is 3. The molecule has 20 heavy (non-hydrogen) atoms. The number of hydrogen-bond acceptors (Lipinski definition) is 4. The van der Waals surface area contributed by atoms with Crippen molar-refractivity contribution in [3.05, 3.63) is 42.5 Å². The third kappa shape index (κ3) is 5.43. The number of alkyl carbamates (subject to hydrolysis) is 1. The summed E-state index contributed by atoms with van der Waals surface area (Å²) in [4.78, 5) is 22.2. The van der Waals surface area contributed by atoms with Gasteiger partial charge in [-0.15, -0.1) is 0 Å². The quantitative estimate of drug-likeness (QED) is 0.662. The Morgan fingerprint density at radius 2 is 2.00 bits per heavy atom. The van der Waals surface area contributed by atoms with E-state index >= 15 is 0 Å². The van der Waals surface area contributed by atoms with Gasteiger partial charge in [0, 0.05) is 12.5 Å². The number of phenols is 1. The Labute approximate surface area is 116 Å². The molecule has 0 spiro atoms. The zero-order chi connectivity index (χ0) is 15.0. The predicted molar refractivity (Wildman–Crippen MR) is 72.6 cm³/mol. The first-order valence-corrected chi connectivity index (χ1v) is 6.05. The van der Waals surface area contributed by atoms with E-state index in [2.05, 4.69) is 11.9 Å². The number of carbonyl (C=O) groups excluding carboxylic acids is 1. The Balaban J connectivity index is 2.65. The Bertz CT molecular complexity index is 469. The van der Waals surface area contributed by atoms with Crippen molar-refractivity contribution in [3.8, 4) is 5.75 Å². The average Bonchev–Trinajstić information content (AvgIpc) is 2.41. The fourth-order valence-corrected chi connectivity index (χ4v) is 1.66. The van der Waals surface area contributed by atoms with Gasteiger partial charge < -0.3 is 20.3 Å². The van der Waals surface area contributed by atoms with Crippen molar-refractivity contribution in [2.45, 2.75) is 12.3 Å². The molecule has 1 rings (SSSR count). The van der Waals surface area contributed by atoms with Gasteiger partial charge in [0.15, 0.2) is 0 Å². The summed E-state index contributed by atoms with van der Waals surface area (Å²) in [6, 6.07) is 6.19. The van der Waals surface area contributed by atoms with Gasteiger partial charge in [-0.25, -0.2) is 4.79 Å². The maximum Gasteiger partial charge on any atom is 0.407 e. The highest BCUT2D eigenvalue weighted by atomic mass is 16.5. The van der Waals surface area contributed by atoms with Crippen LogP contribution in [0.2, 0.25) is 0 Å². The number of phenolic OH excluding ortho intramolecular Hbond substituents is 1. The number of aromatic hydroxyl groups is 1. The molecule has 0 aliphatic carbocycles. The van der Waals surface area contributed by atoms with Crippen LogP contribution >= 0.6 is 0 Å². The number of benzene rings is 1. The topological polar surface area (TPSA) is 95.9 Å². The van der Waals surface area contributed by atoms with Gasteiger partial charge in [0.1, 0.15) is 12.4 Å². The highest BCUT2D eigenvalue weighted by Crippen LogP contribution is 2.21. The first kappa shape index (κ1) is 15.6. The molecule has 3 N–H and O–H groups in total. The van der Waals surface area contributed by atoms with Gasteiger partial charge >= 0.3 is 12.1 Å². The molecule has 0 radical (unpaired) electrons. The van der Waals surface area contributed by atoms with E-state index in [1.54, 1.807) is 12.1 Å². The number of ether oxygens (including phenoxy) is 1. The lowest BCUT2D eigenvalue weighted by Crippen LogP contribution is -2.30. The molecule has 0 aromatic heterocycles. The summed E-state index contributed by atoms with van der Waals surface area (Å²) in [6.45, 7) is 3.64. The molecule has 0 aliphatic heterocycles. The van der Waals surface area contributed by atoms with Crippen LogP contribution in [0.1, 0.15) is 17.9 Å². The van der Waals surface area contributed by atoms with Crippen molar-refractivity contribution in [2.75, 3.05) is 13.2 Å². The number of nitrogens with one attached hydrogen (secondary N) is 1. The van der Waals surface area contributed by atoms with Gasteiger partial charge in [-0.2, -0.15) is 0 Å². The van der Waals surface area contributed by atoms with E-state index in [4.69, 9.17) is 9.84 Å². The zero-order valence-electron chi connectivity index (χ0n) is 10.9. The van der Waals surface area contributed by atoms with Gasteiger partial charge in [-0.3, -0.25) is 4.79 Å². The molecule has 6 heteroatoms. The third-order valence-electron chi connectivity index (χ3n) is 2.61. The molecule has 1 atom stereocenters. The minimum Gasteiger partial charge on any atom is -0.508 e. The fourth-order valence-electron chi connectivity index (χ4n) is 1.66. The van der Waals surface area contributed by atoms with E-state index in [0.29, 0.717) is 5.56 Å². The number of rotatable bonds is 7. The van der Waals surface area contributed by atoms with Crippen LogP contribution in [0.15, 0.2) is 36.9 Å². The molecule has 1 unspecified atom stereocenters. The highest BCUT2D eigenvalue weighted by Gasteiger charge is 2.17. The molecule has 0 aliphatic rings. The second-order valence-electron chi connectivity index (χ2n) is 4.15. The van der Waals surface area contributed by atoms with Gasteiger partial charge in [0.05, 0.1) is 6.42 Å². The largest absolute Gasteiger partial charge is 0.508 e. The molecule has 0 fully saturated rings. The van der Waals surface area contributed by atoms with Gasteiger partial charge in [-0.1, -0.05) is 24.8 Å². The van der Waals surface area contributed by atoms with Crippen LogP contribution < -0.4 is 5.32 Å². The molecule has 1 aromatic rings. The monoisotopic (exact) mass is 279 g/mol. The lowest BCUT2D eigenvalue weighted by Gasteiger charge is -2.16. The molecule has 6 nitrogen and oxygen atoms in total. The van der Waals surface area contributed by atoms with E-state index in [1.807, 2.05) is 0 Å². The van der Waals surface area contributed by atoms with Crippen LogP contribution in [0.5, 0.6) is 5.75 Å². The van der Waals surface area contributed by atoms with Crippen LogP contribution in [-0.2, 0) is 9.53 Å². The molecule has 0 bridgehead atoms. The van der Waals surface area contributed by atoms with Gasteiger partial charge in [-0.05, 0) is 17.7 Å². The molecule has 0 saturated heterocycles. The van der Waals surface area contributed by atoms with Crippen molar-refractivity contribution < 1.29 is 24.5 Å². The SMILES string of the molecule is C=CCOC(=O)NCC(CC(=O)O)c1ccc(O)cc1. The Morgan fingerprint density at radius 3 is 2.55 bits per heavy atom. The van der Waals surface area contributed by atoms with Crippen LogP contribution in [-0.4, -0.2) is 35.4 Å². The van der Waals surface area contributed by atoms with Crippen molar-refractivity contribution in [1.82, 2.24) is 5.32 Å². The Kier molecular flexibility index (Phi) is 6.09. The summed E-state index contributed by atoms with van der Waals surface area (Å²) in [5.74, 6) is -1.27. The van der Waals surface area contributed by atoms with Crippen LogP contribution in [0.4, 0.5) is 4.79 Å². The first-order chi connectivity index (χ1) is 9.52.